The summed E-state index contributed by atoms with van der Waals surface area (Å²) in [5.41, 5.74) is 1.01. The summed E-state index contributed by atoms with van der Waals surface area (Å²) in [4.78, 5) is 13.5. The minimum Gasteiger partial charge on any atom is -0.361 e. The molecule has 150 valence electrons. The van der Waals surface area contributed by atoms with Crippen LogP contribution in [0, 0.1) is 6.92 Å². The van der Waals surface area contributed by atoms with E-state index in [1.807, 2.05) is 43.4 Å². The van der Waals surface area contributed by atoms with Gasteiger partial charge in [0.2, 0.25) is 0 Å². The van der Waals surface area contributed by atoms with Gasteiger partial charge in [-0.05, 0) is 13.3 Å². The van der Waals surface area contributed by atoms with Crippen LogP contribution in [0.5, 0.6) is 0 Å². The molecule has 0 atom stereocenters. The second-order valence-corrected chi connectivity index (χ2v) is 8.40. The van der Waals surface area contributed by atoms with E-state index in [1.165, 1.54) is 0 Å². The van der Waals surface area contributed by atoms with Crippen LogP contribution in [0.3, 0.4) is 0 Å². The Balaban J connectivity index is 0.00000261. The maximum atomic E-state index is 5.15. The average Bonchev–Trinajstić information content (AvgIpc) is 3.31. The molecule has 0 radical (unpaired) electrons. The van der Waals surface area contributed by atoms with Crippen molar-refractivity contribution in [2.75, 3.05) is 45.5 Å². The van der Waals surface area contributed by atoms with Gasteiger partial charge in [-0.2, -0.15) is 0 Å². The molecule has 7 nitrogen and oxygen atoms in total. The van der Waals surface area contributed by atoms with Gasteiger partial charge in [0, 0.05) is 69.7 Å². The van der Waals surface area contributed by atoms with E-state index in [1.54, 1.807) is 11.3 Å². The van der Waals surface area contributed by atoms with Gasteiger partial charge in [-0.15, -0.1) is 35.3 Å². The van der Waals surface area contributed by atoms with E-state index in [2.05, 4.69) is 30.2 Å². The number of nitrogens with zero attached hydrogens (tertiary/aromatic N) is 5. The van der Waals surface area contributed by atoms with Crippen LogP contribution in [0.25, 0.3) is 0 Å². The number of rotatable bonds is 7. The second kappa shape index (κ2) is 11.9. The van der Waals surface area contributed by atoms with E-state index in [0.29, 0.717) is 0 Å². The summed E-state index contributed by atoms with van der Waals surface area (Å²) in [6.07, 6.45) is 2.95. The Labute approximate surface area is 186 Å². The molecule has 3 heterocycles. The van der Waals surface area contributed by atoms with Gasteiger partial charge >= 0.3 is 0 Å². The topological polar surface area (TPSA) is 69.8 Å². The number of guanidine groups is 1. The summed E-state index contributed by atoms with van der Waals surface area (Å²) in [6, 6.07) is 2.01. The molecule has 0 aromatic carbocycles. The fraction of sp³-hybridized carbons (Fsp3) is 0.588. The van der Waals surface area contributed by atoms with Crippen LogP contribution in [0.1, 0.15) is 17.9 Å². The lowest BCUT2D eigenvalue weighted by Gasteiger charge is -2.36. The molecule has 10 heteroatoms. The molecular weight excluding hydrogens is 495 g/mol. The highest BCUT2D eigenvalue weighted by Crippen LogP contribution is 2.20. The van der Waals surface area contributed by atoms with E-state index < -0.39 is 0 Å². The largest absolute Gasteiger partial charge is 0.361 e. The summed E-state index contributed by atoms with van der Waals surface area (Å²) in [5, 5.41) is 9.59. The first-order valence-corrected chi connectivity index (χ1v) is 10.7. The molecule has 0 bridgehead atoms. The molecule has 0 aliphatic carbocycles. The molecular formula is C17H27IN6OS2. The Morgan fingerprint density at radius 3 is 2.81 bits per heavy atom. The molecule has 2 aromatic heterocycles. The number of halogens is 1. The van der Waals surface area contributed by atoms with Crippen LogP contribution in [-0.4, -0.2) is 71.4 Å². The zero-order chi connectivity index (χ0) is 18.2. The molecule has 1 saturated heterocycles. The van der Waals surface area contributed by atoms with Crippen LogP contribution in [0.15, 0.2) is 31.5 Å². The molecule has 3 rings (SSSR count). The molecule has 1 aliphatic heterocycles. The Kier molecular flexibility index (Phi) is 9.87. The third kappa shape index (κ3) is 7.24. The summed E-state index contributed by atoms with van der Waals surface area (Å²) < 4.78 is 6.30. The quantitative estimate of drug-likeness (QED) is 0.197. The van der Waals surface area contributed by atoms with Crippen molar-refractivity contribution in [3.05, 3.63) is 29.1 Å². The van der Waals surface area contributed by atoms with Crippen molar-refractivity contribution in [1.29, 1.82) is 0 Å². The summed E-state index contributed by atoms with van der Waals surface area (Å²) >= 11 is 3.52. The number of thiazole rings is 1. The van der Waals surface area contributed by atoms with Gasteiger partial charge in [-0.3, -0.25) is 9.89 Å². The van der Waals surface area contributed by atoms with Crippen molar-refractivity contribution < 1.29 is 4.52 Å². The molecule has 0 spiro atoms. The first-order chi connectivity index (χ1) is 12.7. The maximum absolute atomic E-state index is 5.15. The molecule has 2 aromatic rings. The van der Waals surface area contributed by atoms with Crippen LogP contribution in [0.2, 0.25) is 0 Å². The smallest absolute Gasteiger partial charge is 0.193 e. The zero-order valence-electron chi connectivity index (χ0n) is 15.8. The highest BCUT2D eigenvalue weighted by Gasteiger charge is 2.20. The van der Waals surface area contributed by atoms with Crippen molar-refractivity contribution in [3.8, 4) is 0 Å². The Morgan fingerprint density at radius 1 is 1.37 bits per heavy atom. The third-order valence-corrected chi connectivity index (χ3v) is 6.24. The second-order valence-electron chi connectivity index (χ2n) is 6.17. The molecule has 0 saturated carbocycles. The molecule has 27 heavy (non-hydrogen) atoms. The first-order valence-electron chi connectivity index (χ1n) is 8.87. The third-order valence-electron chi connectivity index (χ3n) is 4.19. The normalized spacial score (nSPS) is 15.6. The zero-order valence-corrected chi connectivity index (χ0v) is 19.7. The van der Waals surface area contributed by atoms with Crippen LogP contribution in [-0.2, 0) is 6.54 Å². The van der Waals surface area contributed by atoms with E-state index in [-0.39, 0.29) is 24.0 Å². The van der Waals surface area contributed by atoms with Gasteiger partial charge in [0.25, 0.3) is 0 Å². The number of hydrogen-bond acceptors (Lipinski definition) is 7. The lowest BCUT2D eigenvalue weighted by Crippen LogP contribution is -2.52. The van der Waals surface area contributed by atoms with Crippen molar-refractivity contribution in [1.82, 2.24) is 25.3 Å². The van der Waals surface area contributed by atoms with Crippen LogP contribution >= 0.6 is 47.1 Å². The van der Waals surface area contributed by atoms with E-state index in [0.717, 1.165) is 73.2 Å². The van der Waals surface area contributed by atoms with Gasteiger partial charge in [-0.25, -0.2) is 4.98 Å². The number of aryl methyl sites for hydroxylation is 1. The fourth-order valence-corrected chi connectivity index (χ4v) is 4.53. The number of aliphatic imine (C=N–C) groups is 1. The number of nitrogens with one attached hydrogen (secondary N) is 1. The predicted molar refractivity (Wildman–Crippen MR) is 122 cm³/mol. The number of thioether (sulfide) groups is 1. The van der Waals surface area contributed by atoms with Crippen molar-refractivity contribution in [2.24, 2.45) is 4.99 Å². The molecule has 1 aliphatic rings. The molecule has 1 N–H and O–H groups in total. The van der Waals surface area contributed by atoms with Crippen molar-refractivity contribution in [3.63, 3.8) is 0 Å². The Bertz CT molecular complexity index is 685. The minimum absolute atomic E-state index is 0. The van der Waals surface area contributed by atoms with E-state index >= 15 is 0 Å². The minimum atomic E-state index is 0. The van der Waals surface area contributed by atoms with Crippen LogP contribution < -0.4 is 5.32 Å². The van der Waals surface area contributed by atoms with Gasteiger partial charge < -0.3 is 14.7 Å². The number of hydrogen-bond donors (Lipinski definition) is 1. The lowest BCUT2D eigenvalue weighted by molar-refractivity contribution is 0.169. The van der Waals surface area contributed by atoms with Crippen LogP contribution in [0.4, 0.5) is 0 Å². The SMILES string of the molecule is CN=C(NCCCSc1nccs1)N1CCN(Cc2cc(C)on2)CC1.I. The first kappa shape index (κ1) is 22.4. The summed E-state index contributed by atoms with van der Waals surface area (Å²) in [7, 11) is 1.86. The van der Waals surface area contributed by atoms with Crippen molar-refractivity contribution >= 4 is 53.0 Å². The monoisotopic (exact) mass is 522 g/mol. The van der Waals surface area contributed by atoms with Gasteiger partial charge in [0.1, 0.15) is 10.1 Å². The molecule has 1 fully saturated rings. The Morgan fingerprint density at radius 2 is 2.19 bits per heavy atom. The summed E-state index contributed by atoms with van der Waals surface area (Å²) in [6.45, 7) is 7.68. The summed E-state index contributed by atoms with van der Waals surface area (Å²) in [5.74, 6) is 2.94. The highest BCUT2D eigenvalue weighted by atomic mass is 127. The highest BCUT2D eigenvalue weighted by molar-refractivity contribution is 14.0. The molecule has 0 amide bonds. The maximum Gasteiger partial charge on any atom is 0.193 e. The van der Waals surface area contributed by atoms with E-state index in [9.17, 15) is 0 Å². The number of piperazine rings is 1. The number of aromatic nitrogens is 2. The van der Waals surface area contributed by atoms with Gasteiger partial charge in [0.05, 0.1) is 5.69 Å². The average molecular weight is 522 g/mol. The molecule has 0 unspecified atom stereocenters. The Hall–Kier alpha value is -0.850. The van der Waals surface area contributed by atoms with E-state index in [4.69, 9.17) is 4.52 Å². The standard InChI is InChI=1S/C17H26N6OS2.HI/c1-14-12-15(21-24-14)13-22-6-8-23(9-7-22)16(18-2)19-4-3-10-25-17-20-5-11-26-17;/h5,11-12H,3-4,6-10,13H2,1-2H3,(H,18,19);1H. The predicted octanol–water partition coefficient (Wildman–Crippen LogP) is 2.93. The fourth-order valence-electron chi connectivity index (χ4n) is 2.89. The lowest BCUT2D eigenvalue weighted by atomic mass is 10.3. The van der Waals surface area contributed by atoms with Gasteiger partial charge in [-0.1, -0.05) is 16.9 Å². The van der Waals surface area contributed by atoms with Crippen molar-refractivity contribution in [2.45, 2.75) is 24.2 Å². The van der Waals surface area contributed by atoms with Gasteiger partial charge in [0.15, 0.2) is 5.96 Å².